The first kappa shape index (κ1) is 37.7. The molecular weight excluding hydrogens is 510 g/mol. The zero-order valence-corrected chi connectivity index (χ0v) is 25.7. The SMILES string of the molecule is CCC(=O)OCCOCC(C)OCC(C)OCC[N+](C)(C)CCOCC(C)OCC(C)OCCOC(=O)CC. The summed E-state index contributed by atoms with van der Waals surface area (Å²) in [7, 11) is 4.31. The van der Waals surface area contributed by atoms with Crippen molar-refractivity contribution in [1.82, 2.24) is 0 Å². The molecule has 0 saturated heterocycles. The van der Waals surface area contributed by atoms with Crippen molar-refractivity contribution in [2.45, 2.75) is 78.8 Å². The second-order valence-electron chi connectivity index (χ2n) is 10.3. The molecule has 0 aliphatic heterocycles. The summed E-state index contributed by atoms with van der Waals surface area (Å²) < 4.78 is 45.1. The number of quaternary nitrogens is 1. The molecule has 0 aliphatic carbocycles. The van der Waals surface area contributed by atoms with E-state index in [9.17, 15) is 9.59 Å². The Kier molecular flexibility index (Phi) is 22.6. The van der Waals surface area contributed by atoms with Crippen LogP contribution in [0.3, 0.4) is 0 Å². The number of hydrogen-bond acceptors (Lipinski definition) is 10. The van der Waals surface area contributed by atoms with Crippen LogP contribution in [0, 0.1) is 0 Å². The summed E-state index contributed by atoms with van der Waals surface area (Å²) in [4.78, 5) is 22.2. The van der Waals surface area contributed by atoms with Gasteiger partial charge in [-0.2, -0.15) is 0 Å². The smallest absolute Gasteiger partial charge is 0.305 e. The van der Waals surface area contributed by atoms with Crippen molar-refractivity contribution in [1.29, 1.82) is 0 Å². The number of rotatable bonds is 26. The van der Waals surface area contributed by atoms with E-state index in [0.717, 1.165) is 17.6 Å². The number of ether oxygens (including phenoxy) is 8. The molecule has 4 atom stereocenters. The summed E-state index contributed by atoms with van der Waals surface area (Å²) in [6, 6.07) is 0. The molecule has 0 aromatic heterocycles. The second-order valence-corrected chi connectivity index (χ2v) is 10.3. The fourth-order valence-corrected chi connectivity index (χ4v) is 3.04. The van der Waals surface area contributed by atoms with Gasteiger partial charge in [-0.1, -0.05) is 13.8 Å². The molecule has 0 aliphatic rings. The number of hydrogen-bond donors (Lipinski definition) is 0. The van der Waals surface area contributed by atoms with Crippen LogP contribution in [0.4, 0.5) is 0 Å². The number of nitrogens with zero attached hydrogens (tertiary/aromatic N) is 1. The minimum Gasteiger partial charge on any atom is -0.463 e. The normalized spacial score (nSPS) is 15.0. The fourth-order valence-electron chi connectivity index (χ4n) is 3.04. The molecule has 232 valence electrons. The standard InChI is InChI=1S/C28H56NO10/c1-9-27(30)36-16-15-33-20-24(4)38-21-25(5)34-14-12-29(7,8)11-13-32-19-23(3)39-22-26(6)35-17-18-37-28(31)10-2/h23-26H,9-22H2,1-8H3/q+1. The minimum atomic E-state index is -0.221. The van der Waals surface area contributed by atoms with Gasteiger partial charge >= 0.3 is 11.9 Å². The molecule has 0 bridgehead atoms. The van der Waals surface area contributed by atoms with Crippen LogP contribution in [0.5, 0.6) is 0 Å². The summed E-state index contributed by atoms with van der Waals surface area (Å²) in [6.07, 6.45) is 0.521. The summed E-state index contributed by atoms with van der Waals surface area (Å²) in [5, 5.41) is 0. The molecule has 11 heteroatoms. The van der Waals surface area contributed by atoms with Crippen LogP contribution in [-0.2, 0) is 47.5 Å². The number of carbonyl (C=O) groups excluding carboxylic acids is 2. The topological polar surface area (TPSA) is 108 Å². The van der Waals surface area contributed by atoms with Gasteiger partial charge in [-0.05, 0) is 27.7 Å². The average Bonchev–Trinajstić information content (AvgIpc) is 2.90. The minimum absolute atomic E-state index is 0.0232. The largest absolute Gasteiger partial charge is 0.463 e. The molecule has 0 heterocycles. The fraction of sp³-hybridized carbons (Fsp3) is 0.929. The van der Waals surface area contributed by atoms with Gasteiger partial charge in [0, 0.05) is 12.8 Å². The maximum atomic E-state index is 11.1. The van der Waals surface area contributed by atoms with E-state index < -0.39 is 0 Å². The zero-order chi connectivity index (χ0) is 29.5. The lowest BCUT2D eigenvalue weighted by molar-refractivity contribution is -0.891. The Labute approximate surface area is 236 Å². The molecule has 0 spiro atoms. The molecule has 39 heavy (non-hydrogen) atoms. The molecule has 0 aromatic rings. The first-order valence-electron chi connectivity index (χ1n) is 14.2. The molecule has 0 amide bonds. The predicted molar refractivity (Wildman–Crippen MR) is 148 cm³/mol. The molecule has 0 saturated carbocycles. The van der Waals surface area contributed by atoms with Crippen LogP contribution >= 0.6 is 0 Å². The molecular formula is C28H56NO10+. The molecule has 4 unspecified atom stereocenters. The van der Waals surface area contributed by atoms with Crippen LogP contribution in [-0.4, -0.2) is 134 Å². The number of esters is 2. The highest BCUT2D eigenvalue weighted by Gasteiger charge is 2.17. The van der Waals surface area contributed by atoms with Gasteiger partial charge in [0.1, 0.15) is 26.3 Å². The Morgan fingerprint density at radius 3 is 1.46 bits per heavy atom. The van der Waals surface area contributed by atoms with Gasteiger partial charge in [0.2, 0.25) is 0 Å². The average molecular weight is 567 g/mol. The zero-order valence-electron chi connectivity index (χ0n) is 25.7. The third-order valence-corrected chi connectivity index (χ3v) is 5.69. The van der Waals surface area contributed by atoms with Crippen molar-refractivity contribution < 1.29 is 52.0 Å². The van der Waals surface area contributed by atoms with Crippen molar-refractivity contribution >= 4 is 11.9 Å². The highest BCUT2D eigenvalue weighted by Crippen LogP contribution is 2.03. The Bertz CT molecular complexity index is 619. The summed E-state index contributed by atoms with van der Waals surface area (Å²) in [6.45, 7) is 17.5. The summed E-state index contributed by atoms with van der Waals surface area (Å²) in [5.74, 6) is -0.442. The van der Waals surface area contributed by atoms with E-state index in [0.29, 0.717) is 65.7 Å². The molecule has 0 N–H and O–H groups in total. The first-order chi connectivity index (χ1) is 18.5. The highest BCUT2D eigenvalue weighted by atomic mass is 16.6. The first-order valence-corrected chi connectivity index (χ1v) is 14.2. The lowest BCUT2D eigenvalue weighted by Crippen LogP contribution is -2.45. The molecule has 0 radical (unpaired) electrons. The van der Waals surface area contributed by atoms with Gasteiger partial charge in [-0.25, -0.2) is 0 Å². The summed E-state index contributed by atoms with van der Waals surface area (Å²) in [5.41, 5.74) is 0. The van der Waals surface area contributed by atoms with Crippen molar-refractivity contribution in [3.8, 4) is 0 Å². The van der Waals surface area contributed by atoms with E-state index in [1.165, 1.54) is 0 Å². The van der Waals surface area contributed by atoms with Crippen LogP contribution in [0.2, 0.25) is 0 Å². The van der Waals surface area contributed by atoms with E-state index in [-0.39, 0.29) is 49.6 Å². The Morgan fingerprint density at radius 2 is 0.949 bits per heavy atom. The summed E-state index contributed by atoms with van der Waals surface area (Å²) >= 11 is 0. The van der Waals surface area contributed by atoms with E-state index >= 15 is 0 Å². The van der Waals surface area contributed by atoms with Crippen LogP contribution < -0.4 is 0 Å². The van der Waals surface area contributed by atoms with E-state index in [1.54, 1.807) is 13.8 Å². The number of carbonyl (C=O) groups is 2. The third kappa shape index (κ3) is 24.2. The van der Waals surface area contributed by atoms with Crippen molar-refractivity contribution in [2.75, 3.05) is 93.3 Å². The van der Waals surface area contributed by atoms with E-state index in [4.69, 9.17) is 37.9 Å². The predicted octanol–water partition coefficient (Wildman–Crippen LogP) is 2.62. The Hall–Kier alpha value is -1.34. The maximum Gasteiger partial charge on any atom is 0.305 e. The molecule has 0 aromatic carbocycles. The lowest BCUT2D eigenvalue weighted by Gasteiger charge is -2.30. The van der Waals surface area contributed by atoms with Crippen molar-refractivity contribution in [3.05, 3.63) is 0 Å². The van der Waals surface area contributed by atoms with Gasteiger partial charge in [-0.3, -0.25) is 9.59 Å². The van der Waals surface area contributed by atoms with Gasteiger partial charge in [0.15, 0.2) is 0 Å². The van der Waals surface area contributed by atoms with Crippen LogP contribution in [0.25, 0.3) is 0 Å². The van der Waals surface area contributed by atoms with Crippen molar-refractivity contribution in [3.63, 3.8) is 0 Å². The van der Waals surface area contributed by atoms with Gasteiger partial charge in [0.25, 0.3) is 0 Å². The van der Waals surface area contributed by atoms with Gasteiger partial charge < -0.3 is 42.4 Å². The van der Waals surface area contributed by atoms with Crippen LogP contribution in [0.15, 0.2) is 0 Å². The highest BCUT2D eigenvalue weighted by molar-refractivity contribution is 5.69. The third-order valence-electron chi connectivity index (χ3n) is 5.69. The van der Waals surface area contributed by atoms with E-state index in [2.05, 4.69) is 14.1 Å². The molecule has 0 rings (SSSR count). The second kappa shape index (κ2) is 23.4. The van der Waals surface area contributed by atoms with Crippen molar-refractivity contribution in [2.24, 2.45) is 0 Å². The van der Waals surface area contributed by atoms with Crippen LogP contribution in [0.1, 0.15) is 54.4 Å². The lowest BCUT2D eigenvalue weighted by atomic mass is 10.4. The Balaban J connectivity index is 3.79. The Morgan fingerprint density at radius 1 is 0.538 bits per heavy atom. The molecule has 0 fully saturated rings. The van der Waals surface area contributed by atoms with E-state index in [1.807, 2.05) is 27.7 Å². The monoisotopic (exact) mass is 566 g/mol. The quantitative estimate of drug-likeness (QED) is 0.0881. The number of likely N-dealkylation sites (N-methyl/N-ethyl adjacent to an activating group) is 1. The maximum absolute atomic E-state index is 11.1. The van der Waals surface area contributed by atoms with Gasteiger partial charge in [-0.15, -0.1) is 0 Å². The van der Waals surface area contributed by atoms with Gasteiger partial charge in [0.05, 0.1) is 91.4 Å². The molecule has 11 nitrogen and oxygen atoms in total.